The SMILES string of the molecule is CC[C@H]1OC(=O)[C@H](C)C(=O)[C@H](C)[C@@H](O[C@@H]2O[C@H](C)C[C@H](N(C)CCc3cn([C@H](CF)[C@H](OC)c4ccc(-c5cccnc5)cc4)nn3)[C@H]2O)[C@](C)(OC)C[C@@H](C)C(=O)[C@H](C)[C@@H](O)[C@]1(C)O. The van der Waals surface area contributed by atoms with Gasteiger partial charge in [-0.2, -0.15) is 0 Å². The molecule has 65 heavy (non-hydrogen) atoms. The number of ketones is 2. The van der Waals surface area contributed by atoms with Gasteiger partial charge in [0.15, 0.2) is 12.1 Å². The molecule has 0 unspecified atom stereocenters. The van der Waals surface area contributed by atoms with E-state index in [9.17, 15) is 34.1 Å². The zero-order chi connectivity index (χ0) is 48.0. The number of carbonyl (C=O) groups excluding carboxylic acids is 3. The first-order chi connectivity index (χ1) is 30.7. The van der Waals surface area contributed by atoms with Crippen molar-refractivity contribution in [1.82, 2.24) is 24.9 Å². The summed E-state index contributed by atoms with van der Waals surface area (Å²) in [5, 5.41) is 43.4. The van der Waals surface area contributed by atoms with Gasteiger partial charge < -0.3 is 43.9 Å². The van der Waals surface area contributed by atoms with Gasteiger partial charge in [-0.25, -0.2) is 9.07 Å². The number of benzene rings is 1. The van der Waals surface area contributed by atoms with Crippen LogP contribution in [0.5, 0.6) is 0 Å². The number of aromatic nitrogens is 4. The molecule has 0 bridgehead atoms. The monoisotopic (exact) mass is 912 g/mol. The zero-order valence-electron chi connectivity index (χ0n) is 39.7. The lowest BCUT2D eigenvalue weighted by Crippen LogP contribution is -2.60. The fraction of sp³-hybridized carbons (Fsp3) is 0.667. The number of rotatable bonds is 14. The summed E-state index contributed by atoms with van der Waals surface area (Å²) in [5.74, 6) is -5.99. The van der Waals surface area contributed by atoms with E-state index in [4.69, 9.17) is 23.7 Å². The summed E-state index contributed by atoms with van der Waals surface area (Å²) >= 11 is 0. The minimum absolute atomic E-state index is 0.0229. The Kier molecular flexibility index (Phi) is 17.7. The third-order valence-corrected chi connectivity index (χ3v) is 13.8. The van der Waals surface area contributed by atoms with E-state index in [-0.39, 0.29) is 18.6 Å². The highest BCUT2D eigenvalue weighted by Crippen LogP contribution is 2.39. The summed E-state index contributed by atoms with van der Waals surface area (Å²) in [6.45, 7) is 12.4. The molecule has 0 aliphatic carbocycles. The van der Waals surface area contributed by atoms with Crippen LogP contribution < -0.4 is 0 Å². The van der Waals surface area contributed by atoms with Crippen LogP contribution in [0.15, 0.2) is 55.0 Å². The summed E-state index contributed by atoms with van der Waals surface area (Å²) in [6.07, 6.45) is -1.33. The number of hydrogen-bond acceptors (Lipinski definition) is 15. The second-order valence-corrected chi connectivity index (χ2v) is 18.6. The Hall–Kier alpha value is -4.07. The standard InChI is InChI=1S/C48H70FN5O11/c1-12-38-48(8,60)43(58)29(4)39(55)27(2)23-47(7,62-11)44(30(5)40(56)31(6)45(59)64-38)65-46-41(57)36(22-28(3)63-46)53(9)21-19-35-26-54(52-51-35)37(24-49)42(61-10)33-17-15-32(16-18-33)34-14-13-20-50-25-34/h13-18,20,25-31,36-38,41-44,46,57-58,60H,12,19,21-24H2,1-11H3/t27-,28-,29+,30+,31-,36+,37-,38-,41-,42-,43-,44-,46+,47-,48-/m1/s1. The molecule has 360 valence electrons. The minimum Gasteiger partial charge on any atom is -0.459 e. The molecule has 1 aromatic carbocycles. The van der Waals surface area contributed by atoms with Crippen LogP contribution in [0.2, 0.25) is 0 Å². The van der Waals surface area contributed by atoms with E-state index in [0.717, 1.165) is 16.7 Å². The Morgan fingerprint density at radius 1 is 1.00 bits per heavy atom. The number of aliphatic hydroxyl groups excluding tert-OH is 2. The number of cyclic esters (lactones) is 1. The Balaban J connectivity index is 1.33. The first-order valence-corrected chi connectivity index (χ1v) is 22.6. The summed E-state index contributed by atoms with van der Waals surface area (Å²) < 4.78 is 46.7. The number of ether oxygens (including phenoxy) is 5. The number of Topliss-reactive ketones (excluding diaryl/α,β-unsaturated/α-hetero) is 2. The fourth-order valence-electron chi connectivity index (χ4n) is 9.61. The van der Waals surface area contributed by atoms with Crippen LogP contribution in [0.3, 0.4) is 0 Å². The second-order valence-electron chi connectivity index (χ2n) is 18.6. The largest absolute Gasteiger partial charge is 0.459 e. The quantitative estimate of drug-likeness (QED) is 0.146. The number of nitrogens with zero attached hydrogens (tertiary/aromatic N) is 5. The van der Waals surface area contributed by atoms with Gasteiger partial charge in [-0.05, 0) is 76.8 Å². The number of hydrogen-bond donors (Lipinski definition) is 3. The summed E-state index contributed by atoms with van der Waals surface area (Å²) in [6, 6.07) is 10.3. The molecule has 5 rings (SSSR count). The van der Waals surface area contributed by atoms with Crippen LogP contribution in [0.1, 0.15) is 98.1 Å². The third kappa shape index (κ3) is 11.6. The van der Waals surface area contributed by atoms with Gasteiger partial charge in [0, 0.05) is 69.6 Å². The van der Waals surface area contributed by atoms with E-state index in [0.29, 0.717) is 25.1 Å². The Morgan fingerprint density at radius 3 is 2.29 bits per heavy atom. The van der Waals surface area contributed by atoms with Crippen LogP contribution >= 0.6 is 0 Å². The molecule has 3 N–H and O–H groups in total. The highest BCUT2D eigenvalue weighted by atomic mass is 19.1. The van der Waals surface area contributed by atoms with Gasteiger partial charge in [-0.3, -0.25) is 19.4 Å². The normalized spacial score (nSPS) is 34.2. The lowest BCUT2D eigenvalue weighted by Gasteiger charge is -2.47. The van der Waals surface area contributed by atoms with Crippen molar-refractivity contribution in [1.29, 1.82) is 0 Å². The third-order valence-electron chi connectivity index (χ3n) is 13.8. The molecule has 0 spiro atoms. The maximum Gasteiger partial charge on any atom is 0.316 e. The van der Waals surface area contributed by atoms with Crippen molar-refractivity contribution in [3.8, 4) is 11.1 Å². The number of methoxy groups -OCH3 is 2. The molecule has 2 saturated heterocycles. The second kappa shape index (κ2) is 22.2. The van der Waals surface area contributed by atoms with E-state index in [1.54, 1.807) is 46.3 Å². The Morgan fingerprint density at radius 2 is 1.69 bits per heavy atom. The Labute approximate surface area is 382 Å². The van der Waals surface area contributed by atoms with E-state index in [1.807, 2.05) is 55.3 Å². The molecular weight excluding hydrogens is 842 g/mol. The molecule has 15 atom stereocenters. The highest BCUT2D eigenvalue weighted by Gasteiger charge is 2.52. The predicted molar refractivity (Wildman–Crippen MR) is 238 cm³/mol. The van der Waals surface area contributed by atoms with Crippen LogP contribution in [0, 0.1) is 23.7 Å². The molecule has 2 aromatic heterocycles. The highest BCUT2D eigenvalue weighted by molar-refractivity contribution is 6.00. The first-order valence-electron chi connectivity index (χ1n) is 22.6. The Bertz CT molecular complexity index is 2020. The maximum absolute atomic E-state index is 14.8. The van der Waals surface area contributed by atoms with Crippen molar-refractivity contribution in [2.24, 2.45) is 23.7 Å². The molecule has 17 heteroatoms. The lowest BCUT2D eigenvalue weighted by atomic mass is 9.74. The number of carbonyl (C=O) groups is 3. The molecule has 0 saturated carbocycles. The predicted octanol–water partition coefficient (Wildman–Crippen LogP) is 4.89. The summed E-state index contributed by atoms with van der Waals surface area (Å²) in [7, 11) is 4.82. The van der Waals surface area contributed by atoms with Gasteiger partial charge in [0.25, 0.3) is 0 Å². The molecule has 2 fully saturated rings. The van der Waals surface area contributed by atoms with Crippen molar-refractivity contribution in [3.05, 3.63) is 66.2 Å². The van der Waals surface area contributed by atoms with E-state index < -0.39 is 108 Å². The molecule has 3 aromatic rings. The van der Waals surface area contributed by atoms with Crippen LogP contribution in [0.25, 0.3) is 11.1 Å². The summed E-state index contributed by atoms with van der Waals surface area (Å²) in [4.78, 5) is 47.8. The number of pyridine rings is 1. The van der Waals surface area contributed by atoms with Gasteiger partial charge in [-0.1, -0.05) is 63.2 Å². The number of alkyl halides is 1. The molecule has 0 radical (unpaired) electrons. The van der Waals surface area contributed by atoms with Crippen molar-refractivity contribution in [2.75, 3.05) is 34.5 Å². The van der Waals surface area contributed by atoms with E-state index in [1.165, 1.54) is 39.7 Å². The molecule has 16 nitrogen and oxygen atoms in total. The van der Waals surface area contributed by atoms with E-state index in [2.05, 4.69) is 15.3 Å². The molecule has 2 aliphatic rings. The molecule has 2 aliphatic heterocycles. The van der Waals surface area contributed by atoms with Crippen LogP contribution in [-0.4, -0.2) is 146 Å². The number of esters is 1. The lowest BCUT2D eigenvalue weighted by molar-refractivity contribution is -0.296. The van der Waals surface area contributed by atoms with Gasteiger partial charge in [0.2, 0.25) is 0 Å². The van der Waals surface area contributed by atoms with Gasteiger partial charge in [0.1, 0.15) is 48.3 Å². The molecular formula is C48H70FN5O11. The smallest absolute Gasteiger partial charge is 0.316 e. The van der Waals surface area contributed by atoms with Crippen molar-refractivity contribution in [3.63, 3.8) is 0 Å². The van der Waals surface area contributed by atoms with Crippen molar-refractivity contribution in [2.45, 2.75) is 147 Å². The maximum atomic E-state index is 14.8. The topological polar surface area (TPSA) is 205 Å². The van der Waals surface area contributed by atoms with Crippen molar-refractivity contribution >= 4 is 17.5 Å². The number of halogens is 1. The molecule has 0 amide bonds. The fourth-order valence-corrected chi connectivity index (χ4v) is 9.61. The zero-order valence-corrected chi connectivity index (χ0v) is 39.7. The molecule has 4 heterocycles. The first kappa shape index (κ1) is 51.9. The average Bonchev–Trinajstić information content (AvgIpc) is 3.78. The van der Waals surface area contributed by atoms with E-state index >= 15 is 0 Å². The van der Waals surface area contributed by atoms with Crippen LogP contribution in [-0.2, 0) is 44.5 Å². The van der Waals surface area contributed by atoms with Gasteiger partial charge in [-0.15, -0.1) is 5.10 Å². The minimum atomic E-state index is -2.00. The van der Waals surface area contributed by atoms with Gasteiger partial charge >= 0.3 is 5.97 Å². The van der Waals surface area contributed by atoms with Gasteiger partial charge in [0.05, 0.1) is 29.6 Å². The average molecular weight is 912 g/mol. The van der Waals surface area contributed by atoms with Crippen LogP contribution in [0.4, 0.5) is 4.39 Å². The summed E-state index contributed by atoms with van der Waals surface area (Å²) in [5.41, 5.74) is -0.0470. The number of likely N-dealkylation sites (N-methyl/N-ethyl adjacent to an activating group) is 1. The van der Waals surface area contributed by atoms with Crippen molar-refractivity contribution < 1.29 is 57.8 Å². The number of aliphatic hydroxyl groups is 3.